The number of hydrogen-bond donors (Lipinski definition) is 2. The quantitative estimate of drug-likeness (QED) is 0.0384. The number of carbonyl (C=O) groups is 2. The van der Waals surface area contributed by atoms with Crippen molar-refractivity contribution in [2.75, 3.05) is 13.7 Å². The molecule has 0 radical (unpaired) electrons. The van der Waals surface area contributed by atoms with Gasteiger partial charge in [-0.25, -0.2) is 0 Å². The third-order valence-corrected chi connectivity index (χ3v) is 9.84. The van der Waals surface area contributed by atoms with E-state index in [1.54, 1.807) is 0 Å². The molecule has 1 aliphatic heterocycles. The van der Waals surface area contributed by atoms with E-state index in [1.165, 1.54) is 103 Å². The summed E-state index contributed by atoms with van der Waals surface area (Å²) in [5.74, 6) is -0.820. The van der Waals surface area contributed by atoms with Gasteiger partial charge in [0.15, 0.2) is 12.4 Å². The van der Waals surface area contributed by atoms with Crippen LogP contribution in [0.5, 0.6) is 0 Å². The Balaban J connectivity index is 2.12. The summed E-state index contributed by atoms with van der Waals surface area (Å²) in [5, 5.41) is 21.4. The molecule has 298 valence electrons. The average molecular weight is 723 g/mol. The predicted molar refractivity (Wildman–Crippen MR) is 207 cm³/mol. The molecule has 2 N–H and O–H groups in total. The lowest BCUT2D eigenvalue weighted by atomic mass is 9.99. The van der Waals surface area contributed by atoms with Gasteiger partial charge >= 0.3 is 11.9 Å². The fourth-order valence-electron chi connectivity index (χ4n) is 6.50. The zero-order valence-corrected chi connectivity index (χ0v) is 33.0. The van der Waals surface area contributed by atoms with Crippen LogP contribution in [0, 0.1) is 0 Å². The summed E-state index contributed by atoms with van der Waals surface area (Å²) in [6, 6.07) is 0. The predicted octanol–water partition coefficient (Wildman–Crippen LogP) is 10.6. The zero-order chi connectivity index (χ0) is 37.2. The van der Waals surface area contributed by atoms with Crippen molar-refractivity contribution in [3.05, 3.63) is 24.3 Å². The normalized spacial score (nSPS) is 20.8. The third kappa shape index (κ3) is 25.8. The van der Waals surface area contributed by atoms with E-state index in [1.807, 2.05) is 0 Å². The molecule has 0 amide bonds. The Hall–Kier alpha value is -1.74. The molecule has 0 aromatic heterocycles. The maximum absolute atomic E-state index is 12.5. The van der Waals surface area contributed by atoms with E-state index < -0.39 is 36.7 Å². The minimum atomic E-state index is -1.42. The van der Waals surface area contributed by atoms with Gasteiger partial charge in [-0.1, -0.05) is 141 Å². The van der Waals surface area contributed by atoms with Gasteiger partial charge in [0.2, 0.25) is 0 Å². The van der Waals surface area contributed by atoms with Gasteiger partial charge in [-0.2, -0.15) is 0 Å². The molecule has 0 aromatic rings. The van der Waals surface area contributed by atoms with Gasteiger partial charge in [0.1, 0.15) is 24.9 Å². The first-order chi connectivity index (χ1) is 24.9. The number of methoxy groups -OCH3 is 1. The van der Waals surface area contributed by atoms with Crippen molar-refractivity contribution in [2.45, 2.75) is 224 Å². The topological polar surface area (TPSA) is 112 Å². The lowest BCUT2D eigenvalue weighted by Gasteiger charge is -2.41. The van der Waals surface area contributed by atoms with Crippen molar-refractivity contribution in [2.24, 2.45) is 0 Å². The van der Waals surface area contributed by atoms with Crippen LogP contribution in [0.2, 0.25) is 0 Å². The number of aliphatic hydroxyl groups excluding tert-OH is 2. The number of allylic oxidation sites excluding steroid dienone is 4. The molecule has 0 saturated carbocycles. The van der Waals surface area contributed by atoms with Crippen molar-refractivity contribution < 1.29 is 38.7 Å². The molecule has 1 heterocycles. The number of esters is 2. The van der Waals surface area contributed by atoms with Gasteiger partial charge < -0.3 is 29.2 Å². The van der Waals surface area contributed by atoms with Crippen LogP contribution < -0.4 is 0 Å². The largest absolute Gasteiger partial charge is 0.463 e. The Labute approximate surface area is 312 Å². The van der Waals surface area contributed by atoms with E-state index in [2.05, 4.69) is 38.2 Å². The van der Waals surface area contributed by atoms with Gasteiger partial charge in [-0.3, -0.25) is 9.59 Å². The van der Waals surface area contributed by atoms with Crippen LogP contribution in [0.15, 0.2) is 24.3 Å². The summed E-state index contributed by atoms with van der Waals surface area (Å²) in [6.07, 6.45) is 34.5. The van der Waals surface area contributed by atoms with Crippen LogP contribution in [0.1, 0.15) is 194 Å². The summed E-state index contributed by atoms with van der Waals surface area (Å²) in [4.78, 5) is 24.8. The highest BCUT2D eigenvalue weighted by Gasteiger charge is 2.47. The van der Waals surface area contributed by atoms with Crippen LogP contribution in [-0.2, 0) is 28.5 Å². The molecule has 8 nitrogen and oxygen atoms in total. The maximum Gasteiger partial charge on any atom is 0.306 e. The van der Waals surface area contributed by atoms with Crippen LogP contribution >= 0.6 is 0 Å². The molecule has 1 aliphatic rings. The Morgan fingerprint density at radius 3 is 1.37 bits per heavy atom. The van der Waals surface area contributed by atoms with Gasteiger partial charge in [0.25, 0.3) is 0 Å². The van der Waals surface area contributed by atoms with Gasteiger partial charge in [0.05, 0.1) is 0 Å². The summed E-state index contributed by atoms with van der Waals surface area (Å²) in [7, 11) is 1.38. The monoisotopic (exact) mass is 723 g/mol. The number of ether oxygens (including phenoxy) is 4. The summed E-state index contributed by atoms with van der Waals surface area (Å²) >= 11 is 0. The zero-order valence-electron chi connectivity index (χ0n) is 33.0. The van der Waals surface area contributed by atoms with Crippen LogP contribution in [-0.4, -0.2) is 66.6 Å². The molecule has 8 heteroatoms. The smallest absolute Gasteiger partial charge is 0.306 e. The first-order valence-electron chi connectivity index (χ1n) is 21.1. The van der Waals surface area contributed by atoms with E-state index in [0.717, 1.165) is 64.2 Å². The molecule has 0 bridgehead atoms. The van der Waals surface area contributed by atoms with Gasteiger partial charge in [-0.15, -0.1) is 0 Å². The molecule has 1 saturated heterocycles. The number of aliphatic hydroxyl groups is 2. The van der Waals surface area contributed by atoms with E-state index >= 15 is 0 Å². The van der Waals surface area contributed by atoms with Crippen LogP contribution in [0.4, 0.5) is 0 Å². The van der Waals surface area contributed by atoms with E-state index in [4.69, 9.17) is 18.9 Å². The van der Waals surface area contributed by atoms with E-state index in [0.29, 0.717) is 12.8 Å². The first-order valence-corrected chi connectivity index (χ1v) is 21.1. The summed E-state index contributed by atoms with van der Waals surface area (Å²) < 4.78 is 21.9. The molecule has 5 atom stereocenters. The second-order valence-corrected chi connectivity index (χ2v) is 14.6. The van der Waals surface area contributed by atoms with Crippen molar-refractivity contribution >= 4 is 11.9 Å². The Morgan fingerprint density at radius 2 is 0.941 bits per heavy atom. The summed E-state index contributed by atoms with van der Waals surface area (Å²) in [6.45, 7) is 4.29. The Bertz CT molecular complexity index is 870. The highest BCUT2D eigenvalue weighted by atomic mass is 16.7. The van der Waals surface area contributed by atoms with Gasteiger partial charge in [0, 0.05) is 20.0 Å². The highest BCUT2D eigenvalue weighted by molar-refractivity contribution is 5.69. The molecule has 0 aromatic carbocycles. The van der Waals surface area contributed by atoms with Gasteiger partial charge in [-0.05, 0) is 64.2 Å². The number of rotatable bonds is 34. The molecule has 51 heavy (non-hydrogen) atoms. The fraction of sp³-hybridized carbons (Fsp3) is 0.860. The Kier molecular flexibility index (Phi) is 31.6. The number of hydrogen-bond acceptors (Lipinski definition) is 8. The number of carbonyl (C=O) groups excluding carboxylic acids is 2. The molecule has 0 unspecified atom stereocenters. The van der Waals surface area contributed by atoms with Crippen molar-refractivity contribution in [3.63, 3.8) is 0 Å². The third-order valence-electron chi connectivity index (χ3n) is 9.84. The lowest BCUT2D eigenvalue weighted by Crippen LogP contribution is -2.60. The van der Waals surface area contributed by atoms with Crippen LogP contribution in [0.3, 0.4) is 0 Å². The standard InChI is InChI=1S/C43H78O8/c1-4-6-8-10-12-14-16-18-20-22-24-26-28-30-32-34-38(44)49-36-37-40(46)41(47)42(43(48-3)50-37)51-39(45)35-33-31-29-27-25-23-21-19-17-15-13-11-9-7-5-2/h18-21,37,40-43,46-47H,4-17,22-36H2,1-3H3/b20-18+,21-19-/t37-,40-,41+,42-,43+/m1/s1. The van der Waals surface area contributed by atoms with E-state index in [-0.39, 0.29) is 19.0 Å². The second kappa shape index (κ2) is 34.1. The molecular weight excluding hydrogens is 644 g/mol. The lowest BCUT2D eigenvalue weighted by molar-refractivity contribution is -0.298. The average Bonchev–Trinajstić information content (AvgIpc) is 3.13. The van der Waals surface area contributed by atoms with E-state index in [9.17, 15) is 19.8 Å². The van der Waals surface area contributed by atoms with Crippen molar-refractivity contribution in [1.82, 2.24) is 0 Å². The molecule has 0 aliphatic carbocycles. The fourth-order valence-corrected chi connectivity index (χ4v) is 6.50. The molecule has 1 rings (SSSR count). The minimum Gasteiger partial charge on any atom is -0.463 e. The molecule has 0 spiro atoms. The summed E-state index contributed by atoms with van der Waals surface area (Å²) in [5.41, 5.74) is 0. The highest BCUT2D eigenvalue weighted by Crippen LogP contribution is 2.25. The maximum atomic E-state index is 12.5. The SMILES string of the molecule is CCCCCCCC/C=C\CCCCCCCC(=O)O[C@H]1[C@@H](OC)O[C@H](COC(=O)CCCCCCC/C=C/CCCCCCCC)[C@@H](O)[C@@H]1O. The minimum absolute atomic E-state index is 0.211. The number of unbranched alkanes of at least 4 members (excludes halogenated alkanes) is 22. The first kappa shape index (κ1) is 47.3. The van der Waals surface area contributed by atoms with Crippen molar-refractivity contribution in [1.29, 1.82) is 0 Å². The molecular formula is C43H78O8. The van der Waals surface area contributed by atoms with Crippen LogP contribution in [0.25, 0.3) is 0 Å². The second-order valence-electron chi connectivity index (χ2n) is 14.6. The molecule has 1 fully saturated rings. The van der Waals surface area contributed by atoms with Crippen molar-refractivity contribution in [3.8, 4) is 0 Å². The Morgan fingerprint density at radius 1 is 0.549 bits per heavy atom.